The predicted octanol–water partition coefficient (Wildman–Crippen LogP) is 1.60. The van der Waals surface area contributed by atoms with Gasteiger partial charge in [-0.1, -0.05) is 0 Å². The quantitative estimate of drug-likeness (QED) is 0.741. The van der Waals surface area contributed by atoms with E-state index in [2.05, 4.69) is 0 Å². The van der Waals surface area contributed by atoms with E-state index in [0.29, 0.717) is 11.7 Å². The molecule has 0 saturated carbocycles. The molecule has 0 N–H and O–H groups in total. The summed E-state index contributed by atoms with van der Waals surface area (Å²) in [5.74, 6) is 0.492. The number of ether oxygens (including phenoxy) is 1. The van der Waals surface area contributed by atoms with Gasteiger partial charge in [0.1, 0.15) is 0 Å². The molecule has 1 atom stereocenters. The second-order valence-corrected chi connectivity index (χ2v) is 4.17. The first-order valence-electron chi connectivity index (χ1n) is 3.99. The third kappa shape index (κ3) is 1.79. The van der Waals surface area contributed by atoms with Crippen molar-refractivity contribution in [3.05, 3.63) is 29.6 Å². The van der Waals surface area contributed by atoms with Gasteiger partial charge in [0.15, 0.2) is 0 Å². The van der Waals surface area contributed by atoms with E-state index in [4.69, 9.17) is 4.74 Å². The molecular weight excluding hydrogens is 238 g/mol. The average Bonchev–Trinajstić information content (AvgIpc) is 2.46. The molecule has 13 heavy (non-hydrogen) atoms. The van der Waals surface area contributed by atoms with Crippen LogP contribution >= 0.6 is 0 Å². The summed E-state index contributed by atoms with van der Waals surface area (Å²) in [5.41, 5.74) is 0.884. The van der Waals surface area contributed by atoms with Crippen molar-refractivity contribution in [3.8, 4) is 5.75 Å². The van der Waals surface area contributed by atoms with Crippen LogP contribution in [0.2, 0.25) is 5.32 Å². The summed E-state index contributed by atoms with van der Waals surface area (Å²) in [6.45, 7) is 0. The van der Waals surface area contributed by atoms with Gasteiger partial charge in [-0.15, -0.1) is 0 Å². The Morgan fingerprint density at radius 2 is 2.46 bits per heavy atom. The average molecular weight is 246 g/mol. The summed E-state index contributed by atoms with van der Waals surface area (Å²) in [7, 11) is 0. The number of hydrogen-bond acceptors (Lipinski definition) is 2. The fraction of sp³-hybridized carbons (Fsp3) is 0.333. The summed E-state index contributed by atoms with van der Waals surface area (Å²) in [6.07, 6.45) is 0.658. The van der Waals surface area contributed by atoms with E-state index in [1.165, 1.54) is 12.1 Å². The topological polar surface area (TPSA) is 26.3 Å². The van der Waals surface area contributed by atoms with E-state index in [9.17, 15) is 8.23 Å². The Morgan fingerprint density at radius 1 is 1.62 bits per heavy atom. The van der Waals surface area contributed by atoms with Crippen molar-refractivity contribution in [1.29, 1.82) is 0 Å². The van der Waals surface area contributed by atoms with Crippen molar-refractivity contribution in [1.82, 2.24) is 0 Å². The third-order valence-corrected chi connectivity index (χ3v) is 3.08. The number of hydrogen-bond donors (Lipinski definition) is 0. The number of rotatable bonds is 2. The predicted molar refractivity (Wildman–Crippen MR) is 45.8 cm³/mol. The zero-order valence-corrected chi connectivity index (χ0v) is 8.54. The van der Waals surface area contributed by atoms with Crippen LogP contribution in [0.1, 0.15) is 5.56 Å². The zero-order chi connectivity index (χ0) is 9.26. The van der Waals surface area contributed by atoms with Gasteiger partial charge in [0.05, 0.1) is 0 Å². The van der Waals surface area contributed by atoms with Gasteiger partial charge in [-0.25, -0.2) is 0 Å². The van der Waals surface area contributed by atoms with E-state index in [-0.39, 0.29) is 11.9 Å². The van der Waals surface area contributed by atoms with E-state index >= 15 is 0 Å². The summed E-state index contributed by atoms with van der Waals surface area (Å²) < 4.78 is 28.6. The molecule has 0 aromatic heterocycles. The van der Waals surface area contributed by atoms with Crippen LogP contribution in [0.3, 0.4) is 0 Å². The van der Waals surface area contributed by atoms with Crippen LogP contribution in [-0.2, 0) is 10.3 Å². The Bertz CT molecular complexity index is 340. The number of halogens is 1. The number of fused-ring (bicyclic) bond motifs is 1. The molecule has 1 aromatic rings. The van der Waals surface area contributed by atoms with Gasteiger partial charge in [-0.05, 0) is 0 Å². The minimum atomic E-state index is -0.620. The summed E-state index contributed by atoms with van der Waals surface area (Å²) in [4.78, 5) is 0. The van der Waals surface area contributed by atoms with Crippen molar-refractivity contribution in [2.75, 3.05) is 0 Å². The second kappa shape index (κ2) is 3.56. The Labute approximate surface area is 81.4 Å². The normalized spacial score (nSPS) is 19.3. The molecule has 0 aliphatic carbocycles. The number of benzene rings is 1. The Hall–Kier alpha value is -0.731. The fourth-order valence-electron chi connectivity index (χ4n) is 1.46. The summed E-state index contributed by atoms with van der Waals surface area (Å²) in [6, 6.07) is 4.49. The molecule has 2 nitrogen and oxygen atoms in total. The molecule has 2 rings (SSSR count). The van der Waals surface area contributed by atoms with Gasteiger partial charge in [0, 0.05) is 0 Å². The van der Waals surface area contributed by atoms with Crippen molar-refractivity contribution in [2.45, 2.75) is 17.8 Å². The first-order valence-corrected chi connectivity index (χ1v) is 5.90. The maximum atomic E-state index is 12.8. The minimum absolute atomic E-state index is 0.0192. The molecule has 1 unspecified atom stereocenters. The molecule has 0 fully saturated rings. The van der Waals surface area contributed by atoms with Gasteiger partial charge in [-0.2, -0.15) is 0 Å². The van der Waals surface area contributed by atoms with Crippen LogP contribution in [0, 0.1) is 5.82 Å². The van der Waals surface area contributed by atoms with Crippen molar-refractivity contribution < 1.29 is 13.0 Å². The van der Waals surface area contributed by atoms with Crippen LogP contribution in [0.4, 0.5) is 4.39 Å². The van der Waals surface area contributed by atoms with E-state index in [1.54, 1.807) is 6.07 Å². The molecular formula is C9H8FO2Se. The summed E-state index contributed by atoms with van der Waals surface area (Å²) >= 11 is -0.620. The molecule has 0 bridgehead atoms. The van der Waals surface area contributed by atoms with Crippen LogP contribution < -0.4 is 4.74 Å². The zero-order valence-electron chi connectivity index (χ0n) is 6.83. The van der Waals surface area contributed by atoms with Gasteiger partial charge in [-0.3, -0.25) is 0 Å². The van der Waals surface area contributed by atoms with Crippen LogP contribution in [-0.4, -0.2) is 21.0 Å². The first-order chi connectivity index (χ1) is 6.29. The van der Waals surface area contributed by atoms with Gasteiger partial charge in [0.25, 0.3) is 0 Å². The molecule has 1 aliphatic rings. The molecule has 0 saturated heterocycles. The molecule has 69 valence electrons. The van der Waals surface area contributed by atoms with Gasteiger partial charge >= 0.3 is 81.0 Å². The van der Waals surface area contributed by atoms with Crippen molar-refractivity contribution in [3.63, 3.8) is 0 Å². The molecule has 1 aromatic carbocycles. The monoisotopic (exact) mass is 247 g/mol. The molecule has 1 heterocycles. The second-order valence-electron chi connectivity index (χ2n) is 2.98. The SMILES string of the molecule is O=[Se]CC1Cc2cc(F)ccc2O1. The van der Waals surface area contributed by atoms with Crippen LogP contribution in [0.25, 0.3) is 0 Å². The Kier molecular flexibility index (Phi) is 2.42. The standard InChI is InChI=1S/C9H8FO2Se/c10-7-1-2-9-6(3-7)4-8(12-9)5-13-11/h1-3,8H,4-5H2. The molecule has 1 radical (unpaired) electrons. The summed E-state index contributed by atoms with van der Waals surface area (Å²) in [5, 5.41) is 0.559. The molecule has 4 heteroatoms. The van der Waals surface area contributed by atoms with Crippen molar-refractivity contribution in [2.24, 2.45) is 0 Å². The Balaban J connectivity index is 2.20. The van der Waals surface area contributed by atoms with Crippen LogP contribution in [0.5, 0.6) is 5.75 Å². The molecule has 1 aliphatic heterocycles. The van der Waals surface area contributed by atoms with Crippen LogP contribution in [0.15, 0.2) is 18.2 Å². The van der Waals surface area contributed by atoms with E-state index in [0.717, 1.165) is 11.3 Å². The fourth-order valence-corrected chi connectivity index (χ4v) is 2.17. The van der Waals surface area contributed by atoms with Gasteiger partial charge in [0.2, 0.25) is 0 Å². The molecule has 0 amide bonds. The van der Waals surface area contributed by atoms with E-state index < -0.39 is 14.9 Å². The maximum absolute atomic E-state index is 12.8. The molecule has 0 spiro atoms. The third-order valence-electron chi connectivity index (χ3n) is 2.02. The first kappa shape index (κ1) is 8.85. The van der Waals surface area contributed by atoms with Gasteiger partial charge < -0.3 is 0 Å². The van der Waals surface area contributed by atoms with Crippen molar-refractivity contribution >= 4 is 14.9 Å². The van der Waals surface area contributed by atoms with E-state index in [1.807, 2.05) is 0 Å². The Morgan fingerprint density at radius 3 is 3.23 bits per heavy atom.